The van der Waals surface area contributed by atoms with Crippen LogP contribution in [-0.2, 0) is 14.1 Å². The predicted molar refractivity (Wildman–Crippen MR) is 118 cm³/mol. The van der Waals surface area contributed by atoms with Gasteiger partial charge in [-0.05, 0) is 24.6 Å². The summed E-state index contributed by atoms with van der Waals surface area (Å²) in [7, 11) is 2.84. The van der Waals surface area contributed by atoms with Crippen LogP contribution in [0.25, 0.3) is 0 Å². The Morgan fingerprint density at radius 2 is 1.59 bits per heavy atom. The normalized spacial score (nSPS) is 10.1. The molecule has 0 saturated carbocycles. The Morgan fingerprint density at radius 1 is 0.966 bits per heavy atom. The smallest absolute Gasteiger partial charge is 0.332 e. The highest BCUT2D eigenvalue weighted by atomic mass is 35.5. The summed E-state index contributed by atoms with van der Waals surface area (Å²) in [5.41, 5.74) is 0.471. The standard InChI is InChI=1S/C20H18ClN3O3.C2H6/c1-12-9-10-15(14(21)11-12)22-18-16(17(25)13-7-5-4-6-8-13)19(26)24(3)20(27)23(18)2;1-2/h4-11,22H,1-3H3;1-2H3. The SMILES string of the molecule is CC.Cc1ccc(Nc2c(C(=O)c3ccccc3)c(=O)n(C)c(=O)n2C)c(Cl)c1. The second-order valence-corrected chi connectivity index (χ2v) is 6.64. The van der Waals surface area contributed by atoms with Crippen LogP contribution in [0.3, 0.4) is 0 Å². The minimum Gasteiger partial charge on any atom is -0.340 e. The van der Waals surface area contributed by atoms with Gasteiger partial charge in [0.25, 0.3) is 5.56 Å². The van der Waals surface area contributed by atoms with Gasteiger partial charge in [-0.2, -0.15) is 0 Å². The number of hydrogen-bond acceptors (Lipinski definition) is 4. The van der Waals surface area contributed by atoms with E-state index in [-0.39, 0.29) is 11.4 Å². The molecule has 0 aliphatic heterocycles. The Morgan fingerprint density at radius 3 is 2.17 bits per heavy atom. The summed E-state index contributed by atoms with van der Waals surface area (Å²) in [6.45, 7) is 5.90. The third kappa shape index (κ3) is 4.49. The molecule has 0 aliphatic rings. The lowest BCUT2D eigenvalue weighted by molar-refractivity contribution is 0.103. The fraction of sp³-hybridized carbons (Fsp3) is 0.227. The zero-order chi connectivity index (χ0) is 21.7. The van der Waals surface area contributed by atoms with Crippen molar-refractivity contribution in [3.63, 3.8) is 0 Å². The summed E-state index contributed by atoms with van der Waals surface area (Å²) in [4.78, 5) is 38.2. The second-order valence-electron chi connectivity index (χ2n) is 6.23. The zero-order valence-corrected chi connectivity index (χ0v) is 17.9. The van der Waals surface area contributed by atoms with E-state index in [0.29, 0.717) is 16.3 Å². The fourth-order valence-electron chi connectivity index (χ4n) is 2.78. The van der Waals surface area contributed by atoms with Crippen molar-refractivity contribution < 1.29 is 4.79 Å². The van der Waals surface area contributed by atoms with E-state index in [1.807, 2.05) is 26.8 Å². The highest BCUT2D eigenvalue weighted by Crippen LogP contribution is 2.27. The maximum atomic E-state index is 13.0. The molecule has 0 saturated heterocycles. The molecule has 0 aliphatic carbocycles. The van der Waals surface area contributed by atoms with Crippen LogP contribution < -0.4 is 16.6 Å². The summed E-state index contributed by atoms with van der Waals surface area (Å²) in [6, 6.07) is 13.8. The first-order valence-electron chi connectivity index (χ1n) is 9.24. The lowest BCUT2D eigenvalue weighted by Crippen LogP contribution is -2.41. The van der Waals surface area contributed by atoms with E-state index in [4.69, 9.17) is 11.6 Å². The van der Waals surface area contributed by atoms with Gasteiger partial charge in [0, 0.05) is 19.7 Å². The first-order valence-corrected chi connectivity index (χ1v) is 9.62. The molecule has 6 nitrogen and oxygen atoms in total. The molecule has 2 aromatic carbocycles. The van der Waals surface area contributed by atoms with Crippen molar-refractivity contribution in [2.45, 2.75) is 20.8 Å². The molecular formula is C22H24ClN3O3. The van der Waals surface area contributed by atoms with Gasteiger partial charge in [0.15, 0.2) is 0 Å². The first-order chi connectivity index (χ1) is 13.8. The lowest BCUT2D eigenvalue weighted by Gasteiger charge is -2.17. The number of rotatable bonds is 4. The van der Waals surface area contributed by atoms with Gasteiger partial charge in [0.1, 0.15) is 11.4 Å². The zero-order valence-electron chi connectivity index (χ0n) is 17.1. The summed E-state index contributed by atoms with van der Waals surface area (Å²) >= 11 is 6.27. The average molecular weight is 414 g/mol. The largest absolute Gasteiger partial charge is 0.340 e. The molecule has 0 fully saturated rings. The van der Waals surface area contributed by atoms with Crippen LogP contribution in [0, 0.1) is 6.92 Å². The molecule has 7 heteroatoms. The van der Waals surface area contributed by atoms with Crippen LogP contribution in [0.2, 0.25) is 5.02 Å². The Kier molecular flexibility index (Phi) is 7.18. The number of ketones is 1. The topological polar surface area (TPSA) is 73.1 Å². The van der Waals surface area contributed by atoms with Gasteiger partial charge in [0.2, 0.25) is 5.78 Å². The highest BCUT2D eigenvalue weighted by Gasteiger charge is 2.23. The van der Waals surface area contributed by atoms with Gasteiger partial charge < -0.3 is 5.32 Å². The highest BCUT2D eigenvalue weighted by molar-refractivity contribution is 6.33. The van der Waals surface area contributed by atoms with Crippen LogP contribution in [0.15, 0.2) is 58.1 Å². The maximum Gasteiger partial charge on any atom is 0.332 e. The van der Waals surface area contributed by atoms with Crippen LogP contribution >= 0.6 is 11.6 Å². The number of halogens is 1. The van der Waals surface area contributed by atoms with Crippen LogP contribution in [0.1, 0.15) is 35.3 Å². The monoisotopic (exact) mass is 413 g/mol. The lowest BCUT2D eigenvalue weighted by atomic mass is 10.0. The van der Waals surface area contributed by atoms with Crippen molar-refractivity contribution in [3.05, 3.63) is 91.1 Å². The Hall–Kier alpha value is -3.12. The number of aromatic nitrogens is 2. The number of nitrogens with one attached hydrogen (secondary N) is 1. The molecule has 1 heterocycles. The van der Waals surface area contributed by atoms with Gasteiger partial charge in [0.05, 0.1) is 10.7 Å². The van der Waals surface area contributed by atoms with Gasteiger partial charge in [-0.15, -0.1) is 0 Å². The summed E-state index contributed by atoms with van der Waals surface area (Å²) in [5, 5.41) is 3.41. The number of carbonyl (C=O) groups excluding carboxylic acids is 1. The van der Waals surface area contributed by atoms with Gasteiger partial charge >= 0.3 is 5.69 Å². The van der Waals surface area contributed by atoms with E-state index < -0.39 is 17.0 Å². The second kappa shape index (κ2) is 9.39. The van der Waals surface area contributed by atoms with E-state index in [0.717, 1.165) is 10.1 Å². The minimum absolute atomic E-state index is 0.0997. The molecule has 1 N–H and O–H groups in total. The molecule has 1 aromatic heterocycles. The third-order valence-corrected chi connectivity index (χ3v) is 4.62. The number of benzene rings is 2. The van der Waals surface area contributed by atoms with Crippen molar-refractivity contribution in [2.75, 3.05) is 5.32 Å². The van der Waals surface area contributed by atoms with Gasteiger partial charge in [-0.25, -0.2) is 4.79 Å². The molecular weight excluding hydrogens is 390 g/mol. The molecule has 0 bridgehead atoms. The van der Waals surface area contributed by atoms with Gasteiger partial charge in [-0.1, -0.05) is 61.8 Å². The van der Waals surface area contributed by atoms with Crippen molar-refractivity contribution in [1.29, 1.82) is 0 Å². The number of aryl methyl sites for hydroxylation is 1. The fourth-order valence-corrected chi connectivity index (χ4v) is 3.06. The summed E-state index contributed by atoms with van der Waals surface area (Å²) in [6.07, 6.45) is 0. The molecule has 0 radical (unpaired) electrons. The molecule has 0 atom stereocenters. The van der Waals surface area contributed by atoms with Crippen molar-refractivity contribution in [1.82, 2.24) is 9.13 Å². The molecule has 0 unspecified atom stereocenters. The Balaban J connectivity index is 0.00000145. The molecule has 29 heavy (non-hydrogen) atoms. The number of anilines is 2. The van der Waals surface area contributed by atoms with E-state index in [1.54, 1.807) is 42.5 Å². The third-order valence-electron chi connectivity index (χ3n) is 4.31. The van der Waals surface area contributed by atoms with Gasteiger partial charge in [-0.3, -0.25) is 18.7 Å². The quantitative estimate of drug-likeness (QED) is 0.655. The molecule has 0 spiro atoms. The Bertz CT molecular complexity index is 1150. The van der Waals surface area contributed by atoms with E-state index in [2.05, 4.69) is 5.32 Å². The number of hydrogen-bond donors (Lipinski definition) is 1. The van der Waals surface area contributed by atoms with Crippen molar-refractivity contribution >= 4 is 28.9 Å². The van der Waals surface area contributed by atoms with E-state index >= 15 is 0 Å². The molecule has 3 aromatic rings. The van der Waals surface area contributed by atoms with Crippen molar-refractivity contribution in [2.24, 2.45) is 14.1 Å². The van der Waals surface area contributed by atoms with Crippen LogP contribution in [-0.4, -0.2) is 14.9 Å². The molecule has 0 amide bonds. The summed E-state index contributed by atoms with van der Waals surface area (Å²) in [5.74, 6) is -0.375. The predicted octanol–water partition coefficient (Wildman–Crippen LogP) is 4.05. The number of carbonyl (C=O) groups is 1. The van der Waals surface area contributed by atoms with E-state index in [9.17, 15) is 14.4 Å². The Labute approximate surface area is 174 Å². The van der Waals surface area contributed by atoms with Crippen LogP contribution in [0.4, 0.5) is 11.5 Å². The van der Waals surface area contributed by atoms with Crippen molar-refractivity contribution in [3.8, 4) is 0 Å². The maximum absolute atomic E-state index is 13.0. The summed E-state index contributed by atoms with van der Waals surface area (Å²) < 4.78 is 2.14. The minimum atomic E-state index is -0.669. The van der Waals surface area contributed by atoms with Crippen LogP contribution in [0.5, 0.6) is 0 Å². The number of nitrogens with zero attached hydrogens (tertiary/aromatic N) is 2. The molecule has 3 rings (SSSR count). The molecule has 152 valence electrons. The van der Waals surface area contributed by atoms with E-state index in [1.165, 1.54) is 18.7 Å². The first kappa shape index (κ1) is 22.2. The average Bonchev–Trinajstić information content (AvgIpc) is 2.74.